The maximum absolute atomic E-state index is 13.4. The number of aryl methyl sites for hydroxylation is 2. The zero-order valence-corrected chi connectivity index (χ0v) is 11.5. The van der Waals surface area contributed by atoms with Gasteiger partial charge in [-0.05, 0) is 37.1 Å². The Morgan fingerprint density at radius 2 is 2.00 bits per heavy atom. The first kappa shape index (κ1) is 14.6. The summed E-state index contributed by atoms with van der Waals surface area (Å²) in [5, 5.41) is 4.43. The zero-order valence-electron chi connectivity index (χ0n) is 11.5. The van der Waals surface area contributed by atoms with E-state index in [9.17, 15) is 8.78 Å². The van der Waals surface area contributed by atoms with Crippen molar-refractivity contribution in [2.75, 3.05) is 0 Å². The number of nitrogens with zero attached hydrogens (tertiary/aromatic N) is 2. The average Bonchev–Trinajstić information content (AvgIpc) is 2.87. The normalized spacial score (nSPS) is 12.7. The van der Waals surface area contributed by atoms with Gasteiger partial charge in [0.2, 0.25) is 0 Å². The smallest absolute Gasteiger partial charge is 0.159 e. The van der Waals surface area contributed by atoms with E-state index in [1.807, 2.05) is 24.6 Å². The van der Waals surface area contributed by atoms with Gasteiger partial charge in [0.1, 0.15) is 0 Å². The van der Waals surface area contributed by atoms with Gasteiger partial charge in [-0.25, -0.2) is 14.2 Å². The number of hydrogen-bond acceptors (Lipinski definition) is 3. The number of halogens is 2. The zero-order chi connectivity index (χ0) is 14.7. The van der Waals surface area contributed by atoms with Crippen LogP contribution < -0.4 is 11.3 Å². The van der Waals surface area contributed by atoms with Crippen LogP contribution in [0.25, 0.3) is 0 Å². The summed E-state index contributed by atoms with van der Waals surface area (Å²) in [4.78, 5) is 0. The third-order valence-electron chi connectivity index (χ3n) is 3.26. The van der Waals surface area contributed by atoms with E-state index < -0.39 is 17.7 Å². The summed E-state index contributed by atoms with van der Waals surface area (Å²) in [5.41, 5.74) is 4.97. The van der Waals surface area contributed by atoms with Gasteiger partial charge < -0.3 is 0 Å². The average molecular weight is 280 g/mol. The van der Waals surface area contributed by atoms with Crippen molar-refractivity contribution in [3.63, 3.8) is 0 Å². The molecule has 0 spiro atoms. The number of hydrogen-bond donors (Lipinski definition) is 2. The monoisotopic (exact) mass is 280 g/mol. The highest BCUT2D eigenvalue weighted by Crippen LogP contribution is 2.24. The van der Waals surface area contributed by atoms with Crippen LogP contribution in [0.4, 0.5) is 8.78 Å². The highest BCUT2D eigenvalue weighted by molar-refractivity contribution is 5.30. The maximum atomic E-state index is 13.4. The highest BCUT2D eigenvalue weighted by Gasteiger charge is 2.19. The van der Waals surface area contributed by atoms with Crippen molar-refractivity contribution in [1.82, 2.24) is 15.2 Å². The summed E-state index contributed by atoms with van der Waals surface area (Å²) in [7, 11) is 0. The number of benzene rings is 1. The molecule has 4 nitrogen and oxygen atoms in total. The van der Waals surface area contributed by atoms with Crippen LogP contribution in [0.1, 0.15) is 36.8 Å². The Balaban J connectivity index is 2.45. The minimum Gasteiger partial charge on any atom is -0.271 e. The summed E-state index contributed by atoms with van der Waals surface area (Å²) in [6.07, 6.45) is 0.801. The minimum absolute atomic E-state index is 0.433. The van der Waals surface area contributed by atoms with E-state index >= 15 is 0 Å². The van der Waals surface area contributed by atoms with Crippen LogP contribution in [0.3, 0.4) is 0 Å². The Bertz CT molecular complexity index is 595. The number of rotatable bonds is 5. The van der Waals surface area contributed by atoms with Crippen molar-refractivity contribution < 1.29 is 8.78 Å². The Kier molecular flexibility index (Phi) is 4.46. The number of nitrogens with two attached hydrogens (primary N) is 1. The predicted molar refractivity (Wildman–Crippen MR) is 72.8 cm³/mol. The second-order valence-corrected chi connectivity index (χ2v) is 4.50. The van der Waals surface area contributed by atoms with Gasteiger partial charge in [0, 0.05) is 6.54 Å². The van der Waals surface area contributed by atoms with E-state index in [-0.39, 0.29) is 0 Å². The van der Waals surface area contributed by atoms with Crippen molar-refractivity contribution in [1.29, 1.82) is 0 Å². The van der Waals surface area contributed by atoms with Gasteiger partial charge in [0.15, 0.2) is 11.6 Å². The molecular weight excluding hydrogens is 262 g/mol. The molecule has 2 rings (SSSR count). The second kappa shape index (κ2) is 6.11. The molecule has 0 fully saturated rings. The summed E-state index contributed by atoms with van der Waals surface area (Å²) in [6.45, 7) is 4.65. The molecule has 0 amide bonds. The van der Waals surface area contributed by atoms with Crippen molar-refractivity contribution in [2.45, 2.75) is 32.9 Å². The van der Waals surface area contributed by atoms with Crippen LogP contribution in [-0.2, 0) is 13.0 Å². The molecule has 6 heteroatoms. The first-order chi connectivity index (χ1) is 9.60. The fourth-order valence-electron chi connectivity index (χ4n) is 2.19. The molecule has 3 N–H and O–H groups in total. The third-order valence-corrected chi connectivity index (χ3v) is 3.26. The number of hydrazine groups is 1. The lowest BCUT2D eigenvalue weighted by atomic mass is 10.0. The molecule has 1 heterocycles. The molecule has 0 saturated heterocycles. The molecular formula is C14H18F2N4. The van der Waals surface area contributed by atoms with E-state index in [0.717, 1.165) is 29.9 Å². The summed E-state index contributed by atoms with van der Waals surface area (Å²) >= 11 is 0. The quantitative estimate of drug-likeness (QED) is 0.652. The van der Waals surface area contributed by atoms with Crippen LogP contribution >= 0.6 is 0 Å². The van der Waals surface area contributed by atoms with Crippen LogP contribution in [0.2, 0.25) is 0 Å². The van der Waals surface area contributed by atoms with Crippen molar-refractivity contribution in [3.8, 4) is 0 Å². The first-order valence-electron chi connectivity index (χ1n) is 6.58. The Morgan fingerprint density at radius 3 is 2.55 bits per heavy atom. The Labute approximate surface area is 116 Å². The van der Waals surface area contributed by atoms with Gasteiger partial charge >= 0.3 is 0 Å². The van der Waals surface area contributed by atoms with Crippen LogP contribution in [0.15, 0.2) is 24.3 Å². The second-order valence-electron chi connectivity index (χ2n) is 4.50. The Hall–Kier alpha value is -1.79. The third kappa shape index (κ3) is 2.71. The standard InChI is InChI=1S/C14H18F2N4/c1-3-10-8-13(20(4-2)19-10)14(18-17)9-5-6-11(15)12(16)7-9/h5-8,14,18H,3-4,17H2,1-2H3. The lowest BCUT2D eigenvalue weighted by Crippen LogP contribution is -2.30. The van der Waals surface area contributed by atoms with Gasteiger partial charge in [0.25, 0.3) is 0 Å². The molecule has 2 aromatic rings. The summed E-state index contributed by atoms with van der Waals surface area (Å²) < 4.78 is 28.2. The topological polar surface area (TPSA) is 55.9 Å². The molecule has 0 radical (unpaired) electrons. The minimum atomic E-state index is -0.888. The van der Waals surface area contributed by atoms with E-state index in [2.05, 4.69) is 10.5 Å². The predicted octanol–water partition coefficient (Wildman–Crippen LogP) is 2.30. The maximum Gasteiger partial charge on any atom is 0.159 e. The van der Waals surface area contributed by atoms with Gasteiger partial charge in [0.05, 0.1) is 17.4 Å². The SMILES string of the molecule is CCc1cc(C(NN)c2ccc(F)c(F)c2)n(CC)n1. The molecule has 1 unspecified atom stereocenters. The van der Waals surface area contributed by atoms with Gasteiger partial charge in [-0.1, -0.05) is 13.0 Å². The van der Waals surface area contributed by atoms with E-state index in [1.165, 1.54) is 6.07 Å². The van der Waals surface area contributed by atoms with Crippen molar-refractivity contribution in [3.05, 3.63) is 52.9 Å². The molecule has 0 saturated carbocycles. The van der Waals surface area contributed by atoms with E-state index in [0.29, 0.717) is 12.1 Å². The van der Waals surface area contributed by atoms with E-state index in [1.54, 1.807) is 0 Å². The lowest BCUT2D eigenvalue weighted by Gasteiger charge is -2.17. The number of nitrogens with one attached hydrogen (secondary N) is 1. The molecule has 108 valence electrons. The molecule has 0 aliphatic rings. The van der Waals surface area contributed by atoms with Crippen LogP contribution in [0, 0.1) is 11.6 Å². The summed E-state index contributed by atoms with van der Waals surface area (Å²) in [6, 6.07) is 5.26. The van der Waals surface area contributed by atoms with E-state index in [4.69, 9.17) is 5.84 Å². The van der Waals surface area contributed by atoms with Crippen LogP contribution in [0.5, 0.6) is 0 Å². The molecule has 1 aromatic carbocycles. The van der Waals surface area contributed by atoms with Crippen molar-refractivity contribution in [2.24, 2.45) is 5.84 Å². The van der Waals surface area contributed by atoms with Gasteiger partial charge in [-0.3, -0.25) is 10.5 Å². The van der Waals surface area contributed by atoms with Gasteiger partial charge in [-0.15, -0.1) is 0 Å². The molecule has 1 atom stereocenters. The molecule has 1 aromatic heterocycles. The fraction of sp³-hybridized carbons (Fsp3) is 0.357. The molecule has 0 aliphatic carbocycles. The summed E-state index contributed by atoms with van der Waals surface area (Å²) in [5.74, 6) is 3.83. The molecule has 20 heavy (non-hydrogen) atoms. The van der Waals surface area contributed by atoms with Gasteiger partial charge in [-0.2, -0.15) is 5.10 Å². The first-order valence-corrected chi connectivity index (χ1v) is 6.58. The Morgan fingerprint density at radius 1 is 1.25 bits per heavy atom. The fourth-order valence-corrected chi connectivity index (χ4v) is 2.19. The van der Waals surface area contributed by atoms with Crippen molar-refractivity contribution >= 4 is 0 Å². The van der Waals surface area contributed by atoms with Crippen LogP contribution in [-0.4, -0.2) is 9.78 Å². The largest absolute Gasteiger partial charge is 0.271 e. The lowest BCUT2D eigenvalue weighted by molar-refractivity contribution is 0.499. The number of aromatic nitrogens is 2. The highest BCUT2D eigenvalue weighted by atomic mass is 19.2. The molecule has 0 aliphatic heterocycles. The molecule has 0 bridgehead atoms.